The highest BCUT2D eigenvalue weighted by molar-refractivity contribution is 5.94. The average Bonchev–Trinajstić information content (AvgIpc) is 3.14. The quantitative estimate of drug-likeness (QED) is 0.567. The highest BCUT2D eigenvalue weighted by Crippen LogP contribution is 2.26. The van der Waals surface area contributed by atoms with E-state index in [0.717, 1.165) is 5.39 Å². The number of fused-ring (bicyclic) bond motifs is 1. The number of ether oxygens (including phenoxy) is 3. The van der Waals surface area contributed by atoms with Crippen LogP contribution in [0.1, 0.15) is 22.8 Å². The first-order valence-corrected chi connectivity index (χ1v) is 9.27. The summed E-state index contributed by atoms with van der Waals surface area (Å²) in [6.45, 7) is 1.58. The van der Waals surface area contributed by atoms with Gasteiger partial charge in [-0.15, -0.1) is 0 Å². The second kappa shape index (κ2) is 9.60. The molecule has 0 saturated heterocycles. The van der Waals surface area contributed by atoms with Gasteiger partial charge in [-0.2, -0.15) is 0 Å². The van der Waals surface area contributed by atoms with Gasteiger partial charge in [-0.25, -0.2) is 4.79 Å². The van der Waals surface area contributed by atoms with E-state index in [-0.39, 0.29) is 13.0 Å². The highest BCUT2D eigenvalue weighted by atomic mass is 16.5. The molecule has 0 aliphatic carbocycles. The highest BCUT2D eigenvalue weighted by Gasteiger charge is 2.14. The summed E-state index contributed by atoms with van der Waals surface area (Å²) < 4.78 is 20.5. The van der Waals surface area contributed by atoms with E-state index < -0.39 is 24.5 Å². The molecule has 0 radical (unpaired) electrons. The molecule has 1 aromatic heterocycles. The van der Waals surface area contributed by atoms with Gasteiger partial charge in [0.15, 0.2) is 6.61 Å². The molecule has 0 spiro atoms. The summed E-state index contributed by atoms with van der Waals surface area (Å²) in [5, 5.41) is 3.37. The molecule has 3 aromatic rings. The van der Waals surface area contributed by atoms with Gasteiger partial charge in [0, 0.05) is 22.7 Å². The van der Waals surface area contributed by atoms with Crippen LogP contribution in [0.25, 0.3) is 11.0 Å². The van der Waals surface area contributed by atoms with Crippen LogP contribution in [0.2, 0.25) is 0 Å². The number of hydrogen-bond donors (Lipinski definition) is 1. The van der Waals surface area contributed by atoms with Gasteiger partial charge in [0.1, 0.15) is 11.3 Å². The second-order valence-corrected chi connectivity index (χ2v) is 6.31. The van der Waals surface area contributed by atoms with Gasteiger partial charge in [0.05, 0.1) is 32.0 Å². The Labute approximate surface area is 172 Å². The molecule has 1 N–H and O–H groups in total. The minimum absolute atomic E-state index is 0.0269. The van der Waals surface area contributed by atoms with E-state index >= 15 is 0 Å². The fourth-order valence-corrected chi connectivity index (χ4v) is 2.78. The van der Waals surface area contributed by atoms with Crippen molar-refractivity contribution in [2.24, 2.45) is 0 Å². The summed E-state index contributed by atoms with van der Waals surface area (Å²) in [4.78, 5) is 35.7. The van der Waals surface area contributed by atoms with Crippen LogP contribution < -0.4 is 10.1 Å². The van der Waals surface area contributed by atoms with Crippen molar-refractivity contribution >= 4 is 34.5 Å². The Hall–Kier alpha value is -3.81. The molecule has 0 saturated carbocycles. The molecule has 0 aliphatic rings. The molecule has 3 rings (SSSR count). The average molecular weight is 411 g/mol. The lowest BCUT2D eigenvalue weighted by Crippen LogP contribution is -2.21. The van der Waals surface area contributed by atoms with Gasteiger partial charge in [-0.05, 0) is 43.3 Å². The number of rotatable bonds is 8. The zero-order valence-corrected chi connectivity index (χ0v) is 16.6. The lowest BCUT2D eigenvalue weighted by molar-refractivity contribution is -0.146. The number of esters is 2. The molecule has 0 unspecified atom stereocenters. The van der Waals surface area contributed by atoms with Crippen LogP contribution >= 0.6 is 0 Å². The summed E-state index contributed by atoms with van der Waals surface area (Å²) in [7, 11) is 1.56. The monoisotopic (exact) mass is 411 g/mol. The van der Waals surface area contributed by atoms with Crippen LogP contribution in [-0.2, 0) is 25.5 Å². The molecule has 0 fully saturated rings. The number of nitrogens with one attached hydrogen (secondary N) is 1. The van der Waals surface area contributed by atoms with E-state index in [4.69, 9.17) is 18.6 Å². The fraction of sp³-hybridized carbons (Fsp3) is 0.227. The van der Waals surface area contributed by atoms with Gasteiger partial charge < -0.3 is 23.9 Å². The number of hydrogen-bond acceptors (Lipinski definition) is 7. The van der Waals surface area contributed by atoms with Crippen molar-refractivity contribution < 1.29 is 33.0 Å². The summed E-state index contributed by atoms with van der Waals surface area (Å²) in [6.07, 6.45) is 1.46. The maximum atomic E-state index is 12.1. The predicted octanol–water partition coefficient (Wildman–Crippen LogP) is 3.34. The molecular weight excluding hydrogens is 390 g/mol. The maximum absolute atomic E-state index is 12.1. The molecule has 1 heterocycles. The molecular formula is C22H21NO7. The molecule has 30 heavy (non-hydrogen) atoms. The summed E-state index contributed by atoms with van der Waals surface area (Å²) in [6, 6.07) is 11.5. The first-order chi connectivity index (χ1) is 14.5. The molecule has 8 heteroatoms. The Morgan fingerprint density at radius 2 is 1.80 bits per heavy atom. The van der Waals surface area contributed by atoms with E-state index in [2.05, 4.69) is 5.32 Å². The zero-order valence-electron chi connectivity index (χ0n) is 16.6. The maximum Gasteiger partial charge on any atom is 0.338 e. The van der Waals surface area contributed by atoms with E-state index in [0.29, 0.717) is 28.1 Å². The summed E-state index contributed by atoms with van der Waals surface area (Å²) in [5.74, 6) is -0.831. The SMILES string of the molecule is CCOC(=O)c1ccc(NC(=O)COC(=O)Cc2coc3cc(OC)ccc23)cc1. The van der Waals surface area contributed by atoms with Crippen molar-refractivity contribution in [3.8, 4) is 5.75 Å². The molecule has 0 atom stereocenters. The lowest BCUT2D eigenvalue weighted by Gasteiger charge is -2.07. The number of amides is 1. The predicted molar refractivity (Wildman–Crippen MR) is 108 cm³/mol. The van der Waals surface area contributed by atoms with Crippen LogP contribution in [0, 0.1) is 0 Å². The smallest absolute Gasteiger partial charge is 0.338 e. The minimum Gasteiger partial charge on any atom is -0.497 e. The Morgan fingerprint density at radius 1 is 1.03 bits per heavy atom. The van der Waals surface area contributed by atoms with E-state index in [1.165, 1.54) is 6.26 Å². The summed E-state index contributed by atoms with van der Waals surface area (Å²) in [5.41, 5.74) is 2.11. The Bertz CT molecular complexity index is 1050. The van der Waals surface area contributed by atoms with Crippen molar-refractivity contribution in [1.29, 1.82) is 0 Å². The Balaban J connectivity index is 1.50. The van der Waals surface area contributed by atoms with Crippen molar-refractivity contribution in [1.82, 2.24) is 0 Å². The van der Waals surface area contributed by atoms with Crippen LogP contribution in [0.3, 0.4) is 0 Å². The largest absolute Gasteiger partial charge is 0.497 e. The standard InChI is InChI=1S/C22H21NO7/c1-3-28-22(26)14-4-6-16(7-5-14)23-20(24)13-30-21(25)10-15-12-29-19-11-17(27-2)8-9-18(15)19/h4-9,11-12H,3,10,13H2,1-2H3,(H,23,24). The first-order valence-electron chi connectivity index (χ1n) is 9.27. The number of anilines is 1. The first kappa shape index (κ1) is 20.9. The normalized spacial score (nSPS) is 10.5. The van der Waals surface area contributed by atoms with Crippen molar-refractivity contribution in [3.63, 3.8) is 0 Å². The van der Waals surface area contributed by atoms with E-state index in [1.54, 1.807) is 56.5 Å². The van der Waals surface area contributed by atoms with Crippen molar-refractivity contribution in [2.75, 3.05) is 25.6 Å². The van der Waals surface area contributed by atoms with Gasteiger partial charge in [0.2, 0.25) is 0 Å². The number of carbonyl (C=O) groups excluding carboxylic acids is 3. The third-order valence-corrected chi connectivity index (χ3v) is 4.24. The fourth-order valence-electron chi connectivity index (χ4n) is 2.78. The van der Waals surface area contributed by atoms with Crippen LogP contribution in [0.4, 0.5) is 5.69 Å². The lowest BCUT2D eigenvalue weighted by atomic mass is 10.1. The molecule has 156 valence electrons. The second-order valence-electron chi connectivity index (χ2n) is 6.31. The van der Waals surface area contributed by atoms with Crippen LogP contribution in [-0.4, -0.2) is 38.2 Å². The van der Waals surface area contributed by atoms with Crippen molar-refractivity contribution in [3.05, 3.63) is 59.9 Å². The number of methoxy groups -OCH3 is 1. The van der Waals surface area contributed by atoms with Crippen LogP contribution in [0.5, 0.6) is 5.75 Å². The third kappa shape index (κ3) is 5.16. The van der Waals surface area contributed by atoms with Crippen LogP contribution in [0.15, 0.2) is 53.1 Å². The zero-order chi connectivity index (χ0) is 21.5. The van der Waals surface area contributed by atoms with Gasteiger partial charge in [-0.1, -0.05) is 0 Å². The molecule has 8 nitrogen and oxygen atoms in total. The molecule has 1 amide bonds. The third-order valence-electron chi connectivity index (χ3n) is 4.24. The molecule has 2 aromatic carbocycles. The van der Waals surface area contributed by atoms with Gasteiger partial charge >= 0.3 is 11.9 Å². The number of benzene rings is 2. The minimum atomic E-state index is -0.554. The number of carbonyl (C=O) groups is 3. The molecule has 0 aliphatic heterocycles. The van der Waals surface area contributed by atoms with Gasteiger partial charge in [-0.3, -0.25) is 9.59 Å². The Kier molecular flexibility index (Phi) is 6.69. The van der Waals surface area contributed by atoms with Gasteiger partial charge in [0.25, 0.3) is 5.91 Å². The molecule has 0 bridgehead atoms. The van der Waals surface area contributed by atoms with E-state index in [9.17, 15) is 14.4 Å². The number of furan rings is 1. The van der Waals surface area contributed by atoms with Crippen molar-refractivity contribution in [2.45, 2.75) is 13.3 Å². The topological polar surface area (TPSA) is 104 Å². The summed E-state index contributed by atoms with van der Waals surface area (Å²) >= 11 is 0. The Morgan fingerprint density at radius 3 is 2.50 bits per heavy atom. The van der Waals surface area contributed by atoms with E-state index in [1.807, 2.05) is 0 Å².